The van der Waals surface area contributed by atoms with E-state index in [1.54, 1.807) is 7.11 Å². The molecule has 0 N–H and O–H groups in total. The predicted molar refractivity (Wildman–Crippen MR) is 63.7 cm³/mol. The molecule has 1 unspecified atom stereocenters. The summed E-state index contributed by atoms with van der Waals surface area (Å²) in [4.78, 5) is 0. The molecular formula is C13H15ClO. The van der Waals surface area contributed by atoms with Crippen molar-refractivity contribution in [2.75, 3.05) is 7.11 Å². The van der Waals surface area contributed by atoms with Gasteiger partial charge in [0.15, 0.2) is 0 Å². The fourth-order valence-electron chi connectivity index (χ4n) is 1.99. The maximum absolute atomic E-state index is 6.04. The molecule has 1 aromatic carbocycles. The molecule has 0 radical (unpaired) electrons. The summed E-state index contributed by atoms with van der Waals surface area (Å²) < 4.78 is 5.32. The van der Waals surface area contributed by atoms with Gasteiger partial charge in [-0.15, -0.1) is 11.6 Å². The van der Waals surface area contributed by atoms with Gasteiger partial charge in [0.25, 0.3) is 0 Å². The SMILES string of the molecule is COc1ccccc1CC1=CC(Cl)CC1. The highest BCUT2D eigenvalue weighted by atomic mass is 35.5. The lowest BCUT2D eigenvalue weighted by Gasteiger charge is -2.08. The molecule has 0 heterocycles. The summed E-state index contributed by atoms with van der Waals surface area (Å²) in [7, 11) is 1.71. The van der Waals surface area contributed by atoms with Gasteiger partial charge in [0.05, 0.1) is 12.5 Å². The molecule has 1 atom stereocenters. The number of allylic oxidation sites excluding steroid dienone is 2. The molecule has 0 bridgehead atoms. The summed E-state index contributed by atoms with van der Waals surface area (Å²) >= 11 is 6.04. The number of rotatable bonds is 3. The monoisotopic (exact) mass is 222 g/mol. The van der Waals surface area contributed by atoms with Crippen LogP contribution >= 0.6 is 11.6 Å². The van der Waals surface area contributed by atoms with Crippen LogP contribution in [0.5, 0.6) is 5.75 Å². The third-order valence-electron chi connectivity index (χ3n) is 2.77. The smallest absolute Gasteiger partial charge is 0.122 e. The van der Waals surface area contributed by atoms with Crippen LogP contribution in [-0.2, 0) is 6.42 Å². The van der Waals surface area contributed by atoms with Crippen molar-refractivity contribution in [1.82, 2.24) is 0 Å². The second-order valence-electron chi connectivity index (χ2n) is 3.87. The quantitative estimate of drug-likeness (QED) is 0.561. The van der Waals surface area contributed by atoms with Gasteiger partial charge in [-0.2, -0.15) is 0 Å². The maximum atomic E-state index is 6.04. The van der Waals surface area contributed by atoms with E-state index in [1.165, 1.54) is 11.1 Å². The standard InChI is InChI=1S/C13H15ClO/c1-15-13-5-3-2-4-11(13)8-10-6-7-12(14)9-10/h2-5,9,12H,6-8H2,1H3. The highest BCUT2D eigenvalue weighted by Crippen LogP contribution is 2.28. The Morgan fingerprint density at radius 2 is 2.20 bits per heavy atom. The third-order valence-corrected chi connectivity index (χ3v) is 3.11. The minimum Gasteiger partial charge on any atom is -0.496 e. The van der Waals surface area contributed by atoms with Crippen LogP contribution in [0, 0.1) is 0 Å². The third kappa shape index (κ3) is 2.54. The Morgan fingerprint density at radius 3 is 2.87 bits per heavy atom. The Kier molecular flexibility index (Phi) is 3.32. The number of methoxy groups -OCH3 is 1. The normalized spacial score (nSPS) is 20.1. The van der Waals surface area contributed by atoms with Gasteiger partial charge in [0.2, 0.25) is 0 Å². The van der Waals surface area contributed by atoms with Crippen LogP contribution < -0.4 is 4.74 Å². The molecule has 1 aromatic rings. The fraction of sp³-hybridized carbons (Fsp3) is 0.385. The van der Waals surface area contributed by atoms with Gasteiger partial charge in [0.1, 0.15) is 5.75 Å². The van der Waals surface area contributed by atoms with Crippen LogP contribution in [0.15, 0.2) is 35.9 Å². The first-order valence-electron chi connectivity index (χ1n) is 5.25. The molecule has 1 aliphatic rings. The zero-order chi connectivity index (χ0) is 10.7. The number of ether oxygens (including phenoxy) is 1. The molecule has 80 valence electrons. The predicted octanol–water partition coefficient (Wildman–Crippen LogP) is 3.57. The lowest BCUT2D eigenvalue weighted by Crippen LogP contribution is -1.93. The second-order valence-corrected chi connectivity index (χ2v) is 4.43. The van der Waals surface area contributed by atoms with E-state index in [0.29, 0.717) is 0 Å². The molecule has 0 aromatic heterocycles. The van der Waals surface area contributed by atoms with Crippen molar-refractivity contribution in [3.05, 3.63) is 41.5 Å². The van der Waals surface area contributed by atoms with Gasteiger partial charge >= 0.3 is 0 Å². The van der Waals surface area contributed by atoms with Gasteiger partial charge in [0, 0.05) is 0 Å². The van der Waals surface area contributed by atoms with E-state index in [9.17, 15) is 0 Å². The first-order valence-corrected chi connectivity index (χ1v) is 5.69. The Balaban J connectivity index is 2.13. The number of halogens is 1. The summed E-state index contributed by atoms with van der Waals surface area (Å²) in [5.41, 5.74) is 2.68. The fourth-order valence-corrected chi connectivity index (χ4v) is 2.27. The summed E-state index contributed by atoms with van der Waals surface area (Å²) in [5.74, 6) is 0.969. The summed E-state index contributed by atoms with van der Waals surface area (Å²) in [6.45, 7) is 0. The van der Waals surface area contributed by atoms with Crippen molar-refractivity contribution < 1.29 is 4.74 Å². The minimum atomic E-state index is 0.231. The lowest BCUT2D eigenvalue weighted by molar-refractivity contribution is 0.410. The van der Waals surface area contributed by atoms with E-state index in [2.05, 4.69) is 12.1 Å². The van der Waals surface area contributed by atoms with E-state index >= 15 is 0 Å². The van der Waals surface area contributed by atoms with Gasteiger partial charge in [-0.1, -0.05) is 29.8 Å². The zero-order valence-electron chi connectivity index (χ0n) is 8.87. The van der Waals surface area contributed by atoms with Crippen LogP contribution in [0.25, 0.3) is 0 Å². The summed E-state index contributed by atoms with van der Waals surface area (Å²) in [6.07, 6.45) is 5.33. The lowest BCUT2D eigenvalue weighted by atomic mass is 10.0. The number of para-hydroxylation sites is 1. The number of alkyl halides is 1. The minimum absolute atomic E-state index is 0.231. The molecule has 15 heavy (non-hydrogen) atoms. The van der Waals surface area contributed by atoms with Crippen molar-refractivity contribution in [3.8, 4) is 5.75 Å². The van der Waals surface area contributed by atoms with Gasteiger partial charge in [-0.3, -0.25) is 0 Å². The van der Waals surface area contributed by atoms with E-state index in [4.69, 9.17) is 16.3 Å². The Hall–Kier alpha value is -0.950. The summed E-state index contributed by atoms with van der Waals surface area (Å²) in [6, 6.07) is 8.16. The maximum Gasteiger partial charge on any atom is 0.122 e. The number of hydrogen-bond donors (Lipinski definition) is 0. The van der Waals surface area contributed by atoms with Crippen LogP contribution in [0.3, 0.4) is 0 Å². The van der Waals surface area contributed by atoms with E-state index < -0.39 is 0 Å². The van der Waals surface area contributed by atoms with E-state index in [0.717, 1.165) is 25.0 Å². The highest BCUT2D eigenvalue weighted by molar-refractivity contribution is 6.22. The van der Waals surface area contributed by atoms with Crippen molar-refractivity contribution in [1.29, 1.82) is 0 Å². The number of hydrogen-bond acceptors (Lipinski definition) is 1. The molecule has 0 amide bonds. The molecule has 0 spiro atoms. The van der Waals surface area contributed by atoms with Gasteiger partial charge in [-0.25, -0.2) is 0 Å². The molecule has 1 nitrogen and oxygen atoms in total. The molecular weight excluding hydrogens is 208 g/mol. The van der Waals surface area contributed by atoms with Crippen LogP contribution in [0.1, 0.15) is 18.4 Å². The first-order chi connectivity index (χ1) is 7.29. The average Bonchev–Trinajstić information content (AvgIpc) is 2.65. The van der Waals surface area contributed by atoms with Crippen molar-refractivity contribution in [2.45, 2.75) is 24.6 Å². The van der Waals surface area contributed by atoms with Crippen molar-refractivity contribution in [3.63, 3.8) is 0 Å². The zero-order valence-corrected chi connectivity index (χ0v) is 9.63. The largest absolute Gasteiger partial charge is 0.496 e. The van der Waals surface area contributed by atoms with Gasteiger partial charge in [-0.05, 0) is 30.9 Å². The topological polar surface area (TPSA) is 9.23 Å². The number of benzene rings is 1. The Morgan fingerprint density at radius 1 is 1.40 bits per heavy atom. The van der Waals surface area contributed by atoms with E-state index in [1.807, 2.05) is 18.2 Å². The highest BCUT2D eigenvalue weighted by Gasteiger charge is 2.14. The Bertz CT molecular complexity index is 371. The summed E-state index contributed by atoms with van der Waals surface area (Å²) in [5, 5.41) is 0.231. The molecule has 0 aliphatic heterocycles. The van der Waals surface area contributed by atoms with Gasteiger partial charge < -0.3 is 4.74 Å². The second kappa shape index (κ2) is 4.71. The molecule has 1 aliphatic carbocycles. The molecule has 0 fully saturated rings. The molecule has 0 saturated heterocycles. The van der Waals surface area contributed by atoms with Crippen LogP contribution in [-0.4, -0.2) is 12.5 Å². The van der Waals surface area contributed by atoms with Crippen molar-refractivity contribution in [2.24, 2.45) is 0 Å². The first kappa shape index (κ1) is 10.6. The van der Waals surface area contributed by atoms with Crippen LogP contribution in [0.2, 0.25) is 0 Å². The Labute approximate surface area is 95.7 Å². The van der Waals surface area contributed by atoms with Crippen LogP contribution in [0.4, 0.5) is 0 Å². The molecule has 2 heteroatoms. The van der Waals surface area contributed by atoms with E-state index in [-0.39, 0.29) is 5.38 Å². The molecule has 0 saturated carbocycles. The molecule has 2 rings (SSSR count). The van der Waals surface area contributed by atoms with Crippen molar-refractivity contribution >= 4 is 11.6 Å². The average molecular weight is 223 g/mol.